The molecule has 0 aromatic rings. The Morgan fingerprint density at radius 2 is 1.68 bits per heavy atom. The quantitative estimate of drug-likeness (QED) is 0.513. The summed E-state index contributed by atoms with van der Waals surface area (Å²) in [5, 5.41) is 21.1. The first kappa shape index (κ1) is 19.2. The van der Waals surface area contributed by atoms with Crippen LogP contribution in [-0.4, -0.2) is 54.5 Å². The molecular formula is C17H34N2O3. The van der Waals surface area contributed by atoms with E-state index in [0.717, 1.165) is 44.7 Å². The van der Waals surface area contributed by atoms with Crippen molar-refractivity contribution in [3.05, 3.63) is 0 Å². The van der Waals surface area contributed by atoms with Crippen molar-refractivity contribution in [2.75, 3.05) is 33.3 Å². The number of hydrogen-bond donors (Lipinski definition) is 3. The van der Waals surface area contributed by atoms with Gasteiger partial charge in [0.25, 0.3) is 0 Å². The molecule has 1 aliphatic carbocycles. The van der Waals surface area contributed by atoms with Crippen LogP contribution in [0.1, 0.15) is 57.8 Å². The van der Waals surface area contributed by atoms with E-state index in [1.165, 1.54) is 37.0 Å². The molecule has 22 heavy (non-hydrogen) atoms. The normalized spacial score (nSPS) is 21.7. The second kappa shape index (κ2) is 11.7. The molecule has 0 atom stereocenters. The fourth-order valence-corrected chi connectivity index (χ4v) is 3.25. The van der Waals surface area contributed by atoms with Gasteiger partial charge in [0.15, 0.2) is 0 Å². The minimum absolute atomic E-state index is 0.311. The molecular weight excluding hydrogens is 280 g/mol. The maximum Gasteiger partial charge on any atom is 0.407 e. The molecule has 0 aromatic carbocycles. The van der Waals surface area contributed by atoms with Crippen molar-refractivity contribution in [3.63, 3.8) is 0 Å². The molecule has 0 heterocycles. The van der Waals surface area contributed by atoms with Crippen LogP contribution < -0.4 is 5.32 Å². The SMILES string of the molecule is CN(CC[C@H]1CC[C@H](CCNCCCCCO)CC1)C(=O)O. The van der Waals surface area contributed by atoms with Gasteiger partial charge >= 0.3 is 6.09 Å². The monoisotopic (exact) mass is 314 g/mol. The highest BCUT2D eigenvalue weighted by Gasteiger charge is 2.21. The summed E-state index contributed by atoms with van der Waals surface area (Å²) in [6, 6.07) is 0. The van der Waals surface area contributed by atoms with E-state index in [0.29, 0.717) is 19.1 Å². The van der Waals surface area contributed by atoms with Crippen LogP contribution in [0.15, 0.2) is 0 Å². The lowest BCUT2D eigenvalue weighted by Crippen LogP contribution is -2.28. The van der Waals surface area contributed by atoms with Crippen molar-refractivity contribution in [2.24, 2.45) is 11.8 Å². The summed E-state index contributed by atoms with van der Waals surface area (Å²) in [4.78, 5) is 12.2. The smallest absolute Gasteiger partial charge is 0.407 e. The maximum atomic E-state index is 10.8. The van der Waals surface area contributed by atoms with Crippen molar-refractivity contribution in [2.45, 2.75) is 57.8 Å². The Kier molecular flexibility index (Phi) is 10.2. The second-order valence-electron chi connectivity index (χ2n) is 6.70. The third kappa shape index (κ3) is 8.59. The van der Waals surface area contributed by atoms with Crippen molar-refractivity contribution in [1.82, 2.24) is 10.2 Å². The summed E-state index contributed by atoms with van der Waals surface area (Å²) in [6.45, 7) is 3.15. The molecule has 0 spiro atoms. The number of carbonyl (C=O) groups is 1. The third-order valence-corrected chi connectivity index (χ3v) is 4.91. The minimum atomic E-state index is -0.821. The zero-order chi connectivity index (χ0) is 16.2. The Morgan fingerprint density at radius 1 is 1.05 bits per heavy atom. The van der Waals surface area contributed by atoms with Crippen molar-refractivity contribution < 1.29 is 15.0 Å². The van der Waals surface area contributed by atoms with Crippen LogP contribution >= 0.6 is 0 Å². The van der Waals surface area contributed by atoms with Gasteiger partial charge in [-0.25, -0.2) is 4.79 Å². The van der Waals surface area contributed by atoms with Crippen LogP contribution in [0.5, 0.6) is 0 Å². The standard InChI is InChI=1S/C17H34N2O3/c1-19(17(21)22)13-10-16-7-5-15(6-8-16)9-12-18-11-3-2-4-14-20/h15-16,18,20H,2-14H2,1H3,(H,21,22)/t15-,16-. The zero-order valence-electron chi connectivity index (χ0n) is 14.1. The highest BCUT2D eigenvalue weighted by atomic mass is 16.4. The van der Waals surface area contributed by atoms with Gasteiger partial charge in [0.05, 0.1) is 0 Å². The third-order valence-electron chi connectivity index (χ3n) is 4.91. The maximum absolute atomic E-state index is 10.8. The van der Waals surface area contributed by atoms with Crippen LogP contribution in [0.25, 0.3) is 0 Å². The Hall–Kier alpha value is -0.810. The van der Waals surface area contributed by atoms with Crippen LogP contribution in [-0.2, 0) is 0 Å². The van der Waals surface area contributed by atoms with Gasteiger partial charge in [-0.05, 0) is 57.0 Å². The van der Waals surface area contributed by atoms with Gasteiger partial charge in [-0.3, -0.25) is 0 Å². The Balaban J connectivity index is 1.97. The van der Waals surface area contributed by atoms with Gasteiger partial charge < -0.3 is 20.4 Å². The molecule has 0 aromatic heterocycles. The lowest BCUT2D eigenvalue weighted by atomic mass is 9.79. The Bertz CT molecular complexity index is 292. The molecule has 3 N–H and O–H groups in total. The van der Waals surface area contributed by atoms with E-state index in [4.69, 9.17) is 10.2 Å². The summed E-state index contributed by atoms with van der Waals surface area (Å²) in [6.07, 6.45) is 9.76. The predicted octanol–water partition coefficient (Wildman–Crippen LogP) is 2.94. The number of nitrogens with zero attached hydrogens (tertiary/aromatic N) is 1. The molecule has 0 radical (unpaired) electrons. The second-order valence-corrected chi connectivity index (χ2v) is 6.70. The van der Waals surface area contributed by atoms with E-state index in [-0.39, 0.29) is 0 Å². The first-order chi connectivity index (χ1) is 10.6. The number of aliphatic hydroxyl groups is 1. The summed E-state index contributed by atoms with van der Waals surface area (Å²) in [5.41, 5.74) is 0. The van der Waals surface area contributed by atoms with E-state index in [1.54, 1.807) is 7.05 Å². The van der Waals surface area contributed by atoms with Gasteiger partial charge in [0.1, 0.15) is 0 Å². The zero-order valence-corrected chi connectivity index (χ0v) is 14.1. The Morgan fingerprint density at radius 3 is 2.27 bits per heavy atom. The first-order valence-corrected chi connectivity index (χ1v) is 8.89. The minimum Gasteiger partial charge on any atom is -0.465 e. The molecule has 5 nitrogen and oxygen atoms in total. The number of aliphatic hydroxyl groups excluding tert-OH is 1. The molecule has 0 bridgehead atoms. The summed E-state index contributed by atoms with van der Waals surface area (Å²) in [7, 11) is 1.65. The predicted molar refractivity (Wildman–Crippen MR) is 89.1 cm³/mol. The van der Waals surface area contributed by atoms with Crippen LogP contribution in [0.2, 0.25) is 0 Å². The van der Waals surface area contributed by atoms with E-state index in [2.05, 4.69) is 5.32 Å². The number of unbranched alkanes of at least 4 members (excludes halogenated alkanes) is 2. The van der Waals surface area contributed by atoms with Crippen molar-refractivity contribution in [1.29, 1.82) is 0 Å². The van der Waals surface area contributed by atoms with Gasteiger partial charge in [-0.15, -0.1) is 0 Å². The summed E-state index contributed by atoms with van der Waals surface area (Å²) >= 11 is 0. The van der Waals surface area contributed by atoms with E-state index < -0.39 is 6.09 Å². The lowest BCUT2D eigenvalue weighted by molar-refractivity contribution is 0.149. The molecule has 1 rings (SSSR count). The van der Waals surface area contributed by atoms with Gasteiger partial charge in [-0.2, -0.15) is 0 Å². The van der Waals surface area contributed by atoms with Gasteiger partial charge in [0, 0.05) is 20.2 Å². The van der Waals surface area contributed by atoms with Gasteiger partial charge in [0.2, 0.25) is 0 Å². The summed E-state index contributed by atoms with van der Waals surface area (Å²) < 4.78 is 0. The van der Waals surface area contributed by atoms with Crippen LogP contribution in [0.4, 0.5) is 4.79 Å². The van der Waals surface area contributed by atoms with Crippen LogP contribution in [0.3, 0.4) is 0 Å². The molecule has 1 amide bonds. The van der Waals surface area contributed by atoms with E-state index in [1.807, 2.05) is 0 Å². The number of hydrogen-bond acceptors (Lipinski definition) is 3. The topological polar surface area (TPSA) is 72.8 Å². The molecule has 1 fully saturated rings. The Labute approximate surface area is 135 Å². The van der Waals surface area contributed by atoms with Crippen molar-refractivity contribution >= 4 is 6.09 Å². The fourth-order valence-electron chi connectivity index (χ4n) is 3.25. The number of rotatable bonds is 11. The highest BCUT2D eigenvalue weighted by molar-refractivity contribution is 5.64. The first-order valence-electron chi connectivity index (χ1n) is 8.89. The largest absolute Gasteiger partial charge is 0.465 e. The molecule has 0 saturated heterocycles. The molecule has 0 unspecified atom stereocenters. The molecule has 1 aliphatic rings. The van der Waals surface area contributed by atoms with Crippen molar-refractivity contribution in [3.8, 4) is 0 Å². The average Bonchev–Trinajstić information content (AvgIpc) is 2.52. The summed E-state index contributed by atoms with van der Waals surface area (Å²) in [5.74, 6) is 1.56. The highest BCUT2D eigenvalue weighted by Crippen LogP contribution is 2.32. The van der Waals surface area contributed by atoms with E-state index >= 15 is 0 Å². The number of carboxylic acid groups (broad SMARTS) is 1. The molecule has 5 heteroatoms. The van der Waals surface area contributed by atoms with E-state index in [9.17, 15) is 4.79 Å². The lowest BCUT2D eigenvalue weighted by Gasteiger charge is -2.29. The molecule has 130 valence electrons. The van der Waals surface area contributed by atoms with Crippen LogP contribution in [0, 0.1) is 11.8 Å². The fraction of sp³-hybridized carbons (Fsp3) is 0.941. The molecule has 1 saturated carbocycles. The number of amides is 1. The average molecular weight is 314 g/mol. The molecule has 0 aliphatic heterocycles. The number of nitrogens with one attached hydrogen (secondary N) is 1. The van der Waals surface area contributed by atoms with Gasteiger partial charge in [-0.1, -0.05) is 25.7 Å².